The van der Waals surface area contributed by atoms with Gasteiger partial charge in [-0.15, -0.1) is 0 Å². The van der Waals surface area contributed by atoms with Crippen LogP contribution in [0.25, 0.3) is 10.8 Å². The van der Waals surface area contributed by atoms with Gasteiger partial charge in [-0.2, -0.15) is 0 Å². The molecule has 140 valence electrons. The van der Waals surface area contributed by atoms with Gasteiger partial charge in [0, 0.05) is 5.39 Å². The van der Waals surface area contributed by atoms with E-state index in [1.165, 1.54) is 19.3 Å². The highest BCUT2D eigenvalue weighted by Crippen LogP contribution is 2.60. The molecule has 3 N–H and O–H groups in total. The highest BCUT2D eigenvalue weighted by Gasteiger charge is 2.54. The molecule has 0 atom stereocenters. The molecule has 4 bridgehead atoms. The van der Waals surface area contributed by atoms with Gasteiger partial charge in [0.1, 0.15) is 5.75 Å². The second kappa shape index (κ2) is 5.98. The van der Waals surface area contributed by atoms with Crippen molar-refractivity contribution in [1.29, 1.82) is 0 Å². The zero-order valence-electron chi connectivity index (χ0n) is 15.2. The predicted octanol–water partition coefficient (Wildman–Crippen LogP) is 3.52. The van der Waals surface area contributed by atoms with E-state index in [-0.39, 0.29) is 22.6 Å². The lowest BCUT2D eigenvalue weighted by Gasteiger charge is -2.55. The van der Waals surface area contributed by atoms with Crippen LogP contribution in [0.5, 0.6) is 5.75 Å². The maximum absolute atomic E-state index is 12.9. The van der Waals surface area contributed by atoms with E-state index in [1.54, 1.807) is 18.2 Å². The van der Waals surface area contributed by atoms with Gasteiger partial charge in [-0.25, -0.2) is 0 Å². The Balaban J connectivity index is 1.31. The fourth-order valence-electron chi connectivity index (χ4n) is 6.14. The monoisotopic (exact) mass is 364 g/mol. The molecule has 0 saturated heterocycles. The normalized spacial score (nSPS) is 31.0. The lowest BCUT2D eigenvalue weighted by molar-refractivity contribution is -0.147. The Hall–Kier alpha value is -2.56. The number of benzene rings is 2. The van der Waals surface area contributed by atoms with Crippen LogP contribution in [0.3, 0.4) is 0 Å². The molecule has 0 heterocycles. The van der Waals surface area contributed by atoms with Crippen LogP contribution in [0.1, 0.15) is 48.9 Å². The van der Waals surface area contributed by atoms with Crippen LogP contribution in [0, 0.1) is 23.2 Å². The Morgan fingerprint density at radius 2 is 1.52 bits per heavy atom. The minimum atomic E-state index is -0.490. The molecule has 4 fully saturated rings. The number of carbonyl (C=O) groups is 2. The van der Waals surface area contributed by atoms with Crippen molar-refractivity contribution in [3.63, 3.8) is 0 Å². The van der Waals surface area contributed by atoms with E-state index in [0.717, 1.165) is 24.6 Å². The van der Waals surface area contributed by atoms with E-state index in [2.05, 4.69) is 10.9 Å². The summed E-state index contributed by atoms with van der Waals surface area (Å²) in [5.74, 6) is 1.40. The second-order valence-corrected chi connectivity index (χ2v) is 8.79. The highest BCUT2D eigenvalue weighted by molar-refractivity contribution is 6.04. The standard InChI is InChI=1S/C22H24N2O3/c25-19-17-4-2-1-3-16(17)5-6-18(19)20(26)23-24-21(27)22-10-13-7-14(11-22)9-15(8-13)12-22/h1-6,13-15,25H,7-12H2,(H,23,26)(H,24,27). The molecule has 0 aliphatic heterocycles. The number of aromatic hydroxyl groups is 1. The van der Waals surface area contributed by atoms with E-state index in [0.29, 0.717) is 23.1 Å². The molecule has 0 radical (unpaired) electrons. The number of hydrogen-bond acceptors (Lipinski definition) is 3. The third-order valence-electron chi connectivity index (χ3n) is 6.95. The smallest absolute Gasteiger partial charge is 0.273 e. The molecule has 0 unspecified atom stereocenters. The second-order valence-electron chi connectivity index (χ2n) is 8.79. The van der Waals surface area contributed by atoms with Crippen LogP contribution in [0.15, 0.2) is 36.4 Å². The first-order valence-electron chi connectivity index (χ1n) is 9.85. The quantitative estimate of drug-likeness (QED) is 0.714. The van der Waals surface area contributed by atoms with E-state index >= 15 is 0 Å². The Morgan fingerprint density at radius 1 is 0.889 bits per heavy atom. The summed E-state index contributed by atoms with van der Waals surface area (Å²) in [6, 6.07) is 10.7. The fraction of sp³-hybridized carbons (Fsp3) is 0.455. The maximum Gasteiger partial charge on any atom is 0.273 e. The number of amides is 2. The molecule has 4 aliphatic rings. The van der Waals surface area contributed by atoms with Gasteiger partial charge >= 0.3 is 0 Å². The Bertz CT molecular complexity index is 901. The number of fused-ring (bicyclic) bond motifs is 1. The van der Waals surface area contributed by atoms with Gasteiger partial charge in [-0.05, 0) is 67.7 Å². The van der Waals surface area contributed by atoms with Crippen LogP contribution in [-0.4, -0.2) is 16.9 Å². The van der Waals surface area contributed by atoms with Gasteiger partial charge in [0.05, 0.1) is 11.0 Å². The Labute approximate surface area is 158 Å². The van der Waals surface area contributed by atoms with Crippen molar-refractivity contribution in [1.82, 2.24) is 10.9 Å². The predicted molar refractivity (Wildman–Crippen MR) is 102 cm³/mol. The first-order chi connectivity index (χ1) is 13.0. The van der Waals surface area contributed by atoms with Gasteiger partial charge < -0.3 is 5.11 Å². The molecular weight excluding hydrogens is 340 g/mol. The molecule has 6 rings (SSSR count). The lowest BCUT2D eigenvalue weighted by Crippen LogP contribution is -2.56. The summed E-state index contributed by atoms with van der Waals surface area (Å²) < 4.78 is 0. The minimum absolute atomic E-state index is 0.0600. The molecule has 2 amide bonds. The summed E-state index contributed by atoms with van der Waals surface area (Å²) in [5, 5.41) is 11.9. The van der Waals surface area contributed by atoms with E-state index in [4.69, 9.17) is 0 Å². The van der Waals surface area contributed by atoms with Crippen LogP contribution >= 0.6 is 0 Å². The number of phenols is 1. The number of carbonyl (C=O) groups excluding carboxylic acids is 2. The third kappa shape index (κ3) is 2.68. The molecule has 2 aromatic carbocycles. The molecule has 5 nitrogen and oxygen atoms in total. The largest absolute Gasteiger partial charge is 0.506 e. The summed E-state index contributed by atoms with van der Waals surface area (Å²) in [6.45, 7) is 0. The Kier molecular flexibility index (Phi) is 3.67. The number of hydrazine groups is 1. The average Bonchev–Trinajstić information content (AvgIpc) is 2.65. The molecular formula is C22H24N2O3. The molecule has 4 aliphatic carbocycles. The topological polar surface area (TPSA) is 78.4 Å². The molecule has 2 aromatic rings. The van der Waals surface area contributed by atoms with Gasteiger partial charge in [0.25, 0.3) is 5.91 Å². The van der Waals surface area contributed by atoms with Crippen molar-refractivity contribution in [3.8, 4) is 5.75 Å². The van der Waals surface area contributed by atoms with Crippen molar-refractivity contribution in [2.24, 2.45) is 23.2 Å². The van der Waals surface area contributed by atoms with Crippen LogP contribution in [0.2, 0.25) is 0 Å². The zero-order valence-corrected chi connectivity index (χ0v) is 15.2. The molecule has 4 saturated carbocycles. The SMILES string of the molecule is O=C(NNC(=O)C12CC3CC(CC(C3)C1)C2)c1ccc2ccccc2c1O. The summed E-state index contributed by atoms with van der Waals surface area (Å²) >= 11 is 0. The van der Waals surface area contributed by atoms with Gasteiger partial charge in [-0.3, -0.25) is 20.4 Å². The number of phenolic OH excluding ortho intramolecular Hbond substituents is 1. The van der Waals surface area contributed by atoms with Crippen LogP contribution in [-0.2, 0) is 4.79 Å². The summed E-state index contributed by atoms with van der Waals surface area (Å²) in [7, 11) is 0. The number of nitrogens with one attached hydrogen (secondary N) is 2. The number of hydrogen-bond donors (Lipinski definition) is 3. The molecule has 0 aromatic heterocycles. The van der Waals surface area contributed by atoms with Gasteiger partial charge in [0.2, 0.25) is 5.91 Å². The van der Waals surface area contributed by atoms with Crippen LogP contribution in [0.4, 0.5) is 0 Å². The Morgan fingerprint density at radius 3 is 2.19 bits per heavy atom. The maximum atomic E-state index is 12.9. The summed E-state index contributed by atoms with van der Waals surface area (Å²) in [4.78, 5) is 25.5. The molecule has 0 spiro atoms. The fourth-order valence-corrected chi connectivity index (χ4v) is 6.14. The van der Waals surface area contributed by atoms with E-state index in [1.807, 2.05) is 18.2 Å². The third-order valence-corrected chi connectivity index (χ3v) is 6.95. The molecule has 27 heavy (non-hydrogen) atoms. The van der Waals surface area contributed by atoms with E-state index < -0.39 is 5.91 Å². The number of rotatable bonds is 2. The van der Waals surface area contributed by atoms with Crippen molar-refractivity contribution >= 4 is 22.6 Å². The minimum Gasteiger partial charge on any atom is -0.506 e. The first-order valence-corrected chi connectivity index (χ1v) is 9.85. The van der Waals surface area contributed by atoms with Crippen molar-refractivity contribution in [2.45, 2.75) is 38.5 Å². The molecule has 5 heteroatoms. The van der Waals surface area contributed by atoms with Crippen LogP contribution < -0.4 is 10.9 Å². The zero-order chi connectivity index (χ0) is 18.6. The van der Waals surface area contributed by atoms with Crippen molar-refractivity contribution in [2.75, 3.05) is 0 Å². The van der Waals surface area contributed by atoms with Crippen molar-refractivity contribution < 1.29 is 14.7 Å². The lowest BCUT2D eigenvalue weighted by atomic mass is 9.49. The van der Waals surface area contributed by atoms with Gasteiger partial charge in [0.15, 0.2) is 0 Å². The highest BCUT2D eigenvalue weighted by atomic mass is 16.3. The summed E-state index contributed by atoms with van der Waals surface area (Å²) in [6.07, 6.45) is 6.64. The first kappa shape index (κ1) is 16.6. The summed E-state index contributed by atoms with van der Waals surface area (Å²) in [5.41, 5.74) is 5.05. The average molecular weight is 364 g/mol. The van der Waals surface area contributed by atoms with Crippen molar-refractivity contribution in [3.05, 3.63) is 42.0 Å². The van der Waals surface area contributed by atoms with Gasteiger partial charge in [-0.1, -0.05) is 30.3 Å². The van der Waals surface area contributed by atoms with E-state index in [9.17, 15) is 14.7 Å².